The van der Waals surface area contributed by atoms with E-state index in [0.29, 0.717) is 29.6 Å². The largest absolute Gasteiger partial charge is 0.487 e. The molecule has 2 atom stereocenters. The molecule has 0 radical (unpaired) electrons. The zero-order valence-electron chi connectivity index (χ0n) is 17.7. The number of anilines is 1. The molecular formula is C25H24ClN3O3. The molecule has 0 bridgehead atoms. The van der Waals surface area contributed by atoms with Gasteiger partial charge in [-0.3, -0.25) is 14.6 Å². The first kappa shape index (κ1) is 21.8. The number of halogens is 1. The van der Waals surface area contributed by atoms with Crippen LogP contribution in [0.1, 0.15) is 30.6 Å². The van der Waals surface area contributed by atoms with Crippen LogP contribution in [0.4, 0.5) is 5.69 Å². The van der Waals surface area contributed by atoms with Crippen molar-refractivity contribution in [2.24, 2.45) is 5.92 Å². The molecule has 0 aliphatic carbocycles. The number of amides is 2. The molecule has 6 nitrogen and oxygen atoms in total. The molecule has 0 saturated carbocycles. The van der Waals surface area contributed by atoms with Crippen LogP contribution in [-0.4, -0.2) is 23.3 Å². The molecule has 164 valence electrons. The van der Waals surface area contributed by atoms with E-state index in [-0.39, 0.29) is 24.3 Å². The van der Waals surface area contributed by atoms with Crippen molar-refractivity contribution < 1.29 is 14.3 Å². The van der Waals surface area contributed by atoms with E-state index in [9.17, 15) is 9.59 Å². The van der Waals surface area contributed by atoms with Gasteiger partial charge in [-0.2, -0.15) is 0 Å². The number of benzene rings is 2. The van der Waals surface area contributed by atoms with Crippen molar-refractivity contribution in [2.45, 2.75) is 26.0 Å². The Labute approximate surface area is 192 Å². The maximum atomic E-state index is 12.9. The fraction of sp³-hybridized carbons (Fsp3) is 0.240. The number of aromatic nitrogens is 1. The zero-order valence-corrected chi connectivity index (χ0v) is 18.5. The van der Waals surface area contributed by atoms with Crippen molar-refractivity contribution >= 4 is 29.1 Å². The first-order valence-corrected chi connectivity index (χ1v) is 10.9. The number of nitrogens with one attached hydrogen (secondary N) is 1. The van der Waals surface area contributed by atoms with E-state index >= 15 is 0 Å². The number of hydrogen-bond donors (Lipinski definition) is 1. The van der Waals surface area contributed by atoms with Crippen molar-refractivity contribution in [3.05, 3.63) is 89.2 Å². The van der Waals surface area contributed by atoms with E-state index < -0.39 is 5.92 Å². The molecule has 1 aliphatic rings. The van der Waals surface area contributed by atoms with Crippen LogP contribution in [0.25, 0.3) is 0 Å². The monoisotopic (exact) mass is 449 g/mol. The molecule has 32 heavy (non-hydrogen) atoms. The molecule has 2 aromatic carbocycles. The lowest BCUT2D eigenvalue weighted by Gasteiger charge is -2.19. The summed E-state index contributed by atoms with van der Waals surface area (Å²) in [5.74, 6) is 0.0742. The summed E-state index contributed by atoms with van der Waals surface area (Å²) < 4.78 is 5.84. The van der Waals surface area contributed by atoms with Gasteiger partial charge in [0.1, 0.15) is 12.4 Å². The third kappa shape index (κ3) is 5.26. The topological polar surface area (TPSA) is 71.5 Å². The van der Waals surface area contributed by atoms with Crippen molar-refractivity contribution in [3.8, 4) is 5.75 Å². The molecule has 0 spiro atoms. The van der Waals surface area contributed by atoms with Crippen molar-refractivity contribution in [3.63, 3.8) is 0 Å². The third-order valence-corrected chi connectivity index (χ3v) is 5.68. The molecular weight excluding hydrogens is 426 g/mol. The summed E-state index contributed by atoms with van der Waals surface area (Å²) in [6.45, 7) is 2.63. The Morgan fingerprint density at radius 1 is 1.19 bits per heavy atom. The zero-order chi connectivity index (χ0) is 22.5. The minimum Gasteiger partial charge on any atom is -0.487 e. The average Bonchev–Trinajstić information content (AvgIpc) is 3.20. The highest BCUT2D eigenvalue weighted by Crippen LogP contribution is 2.28. The van der Waals surface area contributed by atoms with E-state index in [2.05, 4.69) is 10.3 Å². The first-order valence-electron chi connectivity index (χ1n) is 10.5. The van der Waals surface area contributed by atoms with Crippen LogP contribution in [-0.2, 0) is 16.2 Å². The summed E-state index contributed by atoms with van der Waals surface area (Å²) in [7, 11) is 0. The Bertz CT molecular complexity index is 1110. The number of carbonyl (C=O) groups is 2. The lowest BCUT2D eigenvalue weighted by atomic mass is 10.0. The van der Waals surface area contributed by atoms with Crippen molar-refractivity contribution in [1.29, 1.82) is 0 Å². The van der Waals surface area contributed by atoms with Crippen LogP contribution in [0, 0.1) is 5.92 Å². The van der Waals surface area contributed by atoms with E-state index in [1.807, 2.05) is 55.5 Å². The van der Waals surface area contributed by atoms with Crippen molar-refractivity contribution in [2.75, 3.05) is 11.4 Å². The normalized spacial score (nSPS) is 16.6. The van der Waals surface area contributed by atoms with Crippen LogP contribution < -0.4 is 15.0 Å². The third-order valence-electron chi connectivity index (χ3n) is 5.45. The number of nitrogens with zero attached hydrogens (tertiary/aromatic N) is 2. The van der Waals surface area contributed by atoms with Gasteiger partial charge in [0, 0.05) is 29.9 Å². The summed E-state index contributed by atoms with van der Waals surface area (Å²) >= 11 is 6.05. The molecule has 2 heterocycles. The van der Waals surface area contributed by atoms with E-state index in [0.717, 1.165) is 11.3 Å². The number of pyridine rings is 1. The summed E-state index contributed by atoms with van der Waals surface area (Å²) in [5.41, 5.74) is 2.48. The fourth-order valence-electron chi connectivity index (χ4n) is 3.71. The van der Waals surface area contributed by atoms with Gasteiger partial charge in [-0.05, 0) is 55.0 Å². The molecule has 1 saturated heterocycles. The van der Waals surface area contributed by atoms with Gasteiger partial charge in [0.15, 0.2) is 0 Å². The lowest BCUT2D eigenvalue weighted by molar-refractivity contribution is -0.126. The van der Waals surface area contributed by atoms with Crippen LogP contribution in [0.3, 0.4) is 0 Å². The van der Waals surface area contributed by atoms with Crippen LogP contribution in [0.5, 0.6) is 5.75 Å². The second-order valence-corrected chi connectivity index (χ2v) is 8.23. The minimum absolute atomic E-state index is 0.0787. The maximum absolute atomic E-state index is 12.9. The SMILES string of the molecule is CC(NC(=O)C1CC(=O)N(c2cccc(Cl)c2)C1)c1cccc(OCc2ccccn2)c1. The van der Waals surface area contributed by atoms with Crippen LogP contribution in [0.15, 0.2) is 72.9 Å². The Kier molecular flexibility index (Phi) is 6.71. The van der Waals surface area contributed by atoms with Crippen LogP contribution in [0.2, 0.25) is 5.02 Å². The Morgan fingerprint density at radius 3 is 2.81 bits per heavy atom. The quantitative estimate of drug-likeness (QED) is 0.574. The minimum atomic E-state index is -0.410. The van der Waals surface area contributed by atoms with Gasteiger partial charge in [0.2, 0.25) is 11.8 Å². The number of carbonyl (C=O) groups excluding carboxylic acids is 2. The van der Waals surface area contributed by atoms with Gasteiger partial charge >= 0.3 is 0 Å². The second kappa shape index (κ2) is 9.83. The second-order valence-electron chi connectivity index (χ2n) is 7.80. The average molecular weight is 450 g/mol. The molecule has 1 N–H and O–H groups in total. The Morgan fingerprint density at radius 2 is 2.03 bits per heavy atom. The van der Waals surface area contributed by atoms with Gasteiger partial charge in [-0.1, -0.05) is 35.9 Å². The lowest BCUT2D eigenvalue weighted by Crippen LogP contribution is -2.34. The summed E-state index contributed by atoms with van der Waals surface area (Å²) in [6, 6.07) is 20.2. The molecule has 7 heteroatoms. The number of hydrogen-bond acceptors (Lipinski definition) is 4. The molecule has 1 aliphatic heterocycles. The molecule has 4 rings (SSSR count). The fourth-order valence-corrected chi connectivity index (χ4v) is 3.89. The predicted octanol–water partition coefficient (Wildman–Crippen LogP) is 4.54. The molecule has 2 unspecified atom stereocenters. The van der Waals surface area contributed by atoms with Gasteiger partial charge in [0.05, 0.1) is 17.7 Å². The Hall–Kier alpha value is -3.38. The van der Waals surface area contributed by atoms with Gasteiger partial charge in [-0.25, -0.2) is 0 Å². The first-order chi connectivity index (χ1) is 15.5. The number of ether oxygens (including phenoxy) is 1. The van der Waals surface area contributed by atoms with Gasteiger partial charge in [-0.15, -0.1) is 0 Å². The summed E-state index contributed by atoms with van der Waals surface area (Å²) in [4.78, 5) is 31.2. The molecule has 1 aromatic heterocycles. The molecule has 2 amide bonds. The van der Waals surface area contributed by atoms with Gasteiger partial charge < -0.3 is 15.0 Å². The highest BCUT2D eigenvalue weighted by Gasteiger charge is 2.35. The Balaban J connectivity index is 1.36. The maximum Gasteiger partial charge on any atom is 0.227 e. The highest BCUT2D eigenvalue weighted by atomic mass is 35.5. The summed E-state index contributed by atoms with van der Waals surface area (Å²) in [6.07, 6.45) is 1.91. The number of rotatable bonds is 7. The van der Waals surface area contributed by atoms with Gasteiger partial charge in [0.25, 0.3) is 0 Å². The summed E-state index contributed by atoms with van der Waals surface area (Å²) in [5, 5.41) is 3.59. The van der Waals surface area contributed by atoms with Crippen LogP contribution >= 0.6 is 11.6 Å². The molecule has 1 fully saturated rings. The van der Waals surface area contributed by atoms with E-state index in [1.54, 1.807) is 29.3 Å². The van der Waals surface area contributed by atoms with Crippen molar-refractivity contribution in [1.82, 2.24) is 10.3 Å². The standard InChI is InChI=1S/C25H24ClN3O3/c1-17(18-6-4-10-23(12-18)32-16-21-8-2-3-11-27-21)28-25(31)19-13-24(30)29(15-19)22-9-5-7-20(26)14-22/h2-12,14,17,19H,13,15-16H2,1H3,(H,28,31). The van der Waals surface area contributed by atoms with E-state index in [4.69, 9.17) is 16.3 Å². The smallest absolute Gasteiger partial charge is 0.227 e. The van der Waals surface area contributed by atoms with E-state index in [1.165, 1.54) is 0 Å². The predicted molar refractivity (Wildman–Crippen MR) is 123 cm³/mol. The highest BCUT2D eigenvalue weighted by molar-refractivity contribution is 6.31. The molecule has 3 aromatic rings.